The predicted octanol–water partition coefficient (Wildman–Crippen LogP) is 2.27. The summed E-state index contributed by atoms with van der Waals surface area (Å²) in [6.07, 6.45) is 4.81. The molecule has 1 saturated heterocycles. The van der Waals surface area contributed by atoms with E-state index in [-0.39, 0.29) is 11.8 Å². The van der Waals surface area contributed by atoms with E-state index in [2.05, 4.69) is 22.5 Å². The van der Waals surface area contributed by atoms with E-state index in [1.165, 1.54) is 0 Å². The van der Waals surface area contributed by atoms with E-state index < -0.39 is 0 Å². The first-order valence-electron chi connectivity index (χ1n) is 7.33. The van der Waals surface area contributed by atoms with Crippen molar-refractivity contribution in [1.29, 1.82) is 0 Å². The molecule has 0 aromatic carbocycles. The zero-order valence-electron chi connectivity index (χ0n) is 11.8. The lowest BCUT2D eigenvalue weighted by Gasteiger charge is -2.30. The lowest BCUT2D eigenvalue weighted by Crippen LogP contribution is -2.35. The van der Waals surface area contributed by atoms with Crippen molar-refractivity contribution >= 4 is 17.4 Å². The van der Waals surface area contributed by atoms with Crippen LogP contribution in [0.15, 0.2) is 18.3 Å². The molecule has 2 fully saturated rings. The summed E-state index contributed by atoms with van der Waals surface area (Å²) in [6.45, 7) is 3.81. The molecule has 2 aliphatic rings. The summed E-state index contributed by atoms with van der Waals surface area (Å²) in [5, 5.41) is 6.34. The molecule has 1 aromatic rings. The van der Waals surface area contributed by atoms with E-state index in [9.17, 15) is 4.79 Å². The third-order valence-electron chi connectivity index (χ3n) is 3.96. The Morgan fingerprint density at radius 1 is 1.35 bits per heavy atom. The molecule has 5 heteroatoms. The third kappa shape index (κ3) is 3.28. The summed E-state index contributed by atoms with van der Waals surface area (Å²) in [5.41, 5.74) is 0.994. The number of amides is 1. The topological polar surface area (TPSA) is 63.2 Å². The van der Waals surface area contributed by atoms with Crippen LogP contribution in [0.5, 0.6) is 0 Å². The van der Waals surface area contributed by atoms with Crippen LogP contribution in [0.2, 0.25) is 0 Å². The molecule has 1 saturated carbocycles. The molecule has 1 aliphatic heterocycles. The lowest BCUT2D eigenvalue weighted by molar-refractivity contribution is -0.117. The van der Waals surface area contributed by atoms with Crippen molar-refractivity contribution in [3.8, 4) is 0 Å². The molecule has 5 nitrogen and oxygen atoms in total. The van der Waals surface area contributed by atoms with Crippen LogP contribution in [0.3, 0.4) is 0 Å². The Bertz CT molecular complexity index is 471. The smallest absolute Gasteiger partial charge is 0.228 e. The summed E-state index contributed by atoms with van der Waals surface area (Å²) in [6, 6.07) is 4.25. The number of carbonyl (C=O) groups excluding carboxylic acids is 1. The first-order valence-corrected chi connectivity index (χ1v) is 7.33. The highest BCUT2D eigenvalue weighted by molar-refractivity contribution is 5.93. The van der Waals surface area contributed by atoms with Gasteiger partial charge >= 0.3 is 0 Å². The minimum Gasteiger partial charge on any atom is -0.381 e. The molecular weight excluding hydrogens is 254 g/mol. The van der Waals surface area contributed by atoms with Gasteiger partial charge < -0.3 is 15.4 Å². The molecule has 1 aromatic heterocycles. The highest BCUT2D eigenvalue weighted by atomic mass is 16.5. The van der Waals surface area contributed by atoms with Crippen LogP contribution in [0.1, 0.15) is 26.2 Å². The first-order chi connectivity index (χ1) is 9.72. The molecule has 1 aliphatic carbocycles. The molecule has 0 bridgehead atoms. The average Bonchev–Trinajstić information content (AvgIpc) is 3.28. The Kier molecular flexibility index (Phi) is 3.87. The van der Waals surface area contributed by atoms with Crippen LogP contribution in [-0.4, -0.2) is 30.1 Å². The van der Waals surface area contributed by atoms with Gasteiger partial charge in [0.1, 0.15) is 5.82 Å². The van der Waals surface area contributed by atoms with E-state index in [1.54, 1.807) is 6.20 Å². The Labute approximate surface area is 119 Å². The fourth-order valence-electron chi connectivity index (χ4n) is 2.44. The number of aromatic nitrogens is 1. The molecule has 2 N–H and O–H groups in total. The van der Waals surface area contributed by atoms with Crippen LogP contribution >= 0.6 is 0 Å². The van der Waals surface area contributed by atoms with Crippen molar-refractivity contribution in [1.82, 2.24) is 4.98 Å². The number of ether oxygens (including phenoxy) is 1. The van der Waals surface area contributed by atoms with Gasteiger partial charge in [0.2, 0.25) is 5.91 Å². The molecule has 0 radical (unpaired) electrons. The van der Waals surface area contributed by atoms with Crippen molar-refractivity contribution in [3.05, 3.63) is 18.3 Å². The van der Waals surface area contributed by atoms with Gasteiger partial charge in [-0.2, -0.15) is 0 Å². The number of anilines is 2. The maximum absolute atomic E-state index is 11.6. The quantitative estimate of drug-likeness (QED) is 0.885. The first kappa shape index (κ1) is 13.4. The van der Waals surface area contributed by atoms with Crippen molar-refractivity contribution in [2.45, 2.75) is 32.2 Å². The summed E-state index contributed by atoms with van der Waals surface area (Å²) >= 11 is 0. The van der Waals surface area contributed by atoms with E-state index in [0.717, 1.165) is 38.2 Å². The number of hydrogen-bond acceptors (Lipinski definition) is 4. The zero-order valence-corrected chi connectivity index (χ0v) is 11.8. The van der Waals surface area contributed by atoms with Crippen molar-refractivity contribution in [2.24, 2.45) is 11.8 Å². The molecule has 0 spiro atoms. The van der Waals surface area contributed by atoms with Crippen molar-refractivity contribution in [3.63, 3.8) is 0 Å². The fourth-order valence-corrected chi connectivity index (χ4v) is 2.44. The molecule has 20 heavy (non-hydrogen) atoms. The highest BCUT2D eigenvalue weighted by Crippen LogP contribution is 2.30. The molecule has 108 valence electrons. The molecule has 2 atom stereocenters. The molecule has 3 rings (SSSR count). The van der Waals surface area contributed by atoms with E-state index in [1.807, 2.05) is 12.1 Å². The van der Waals surface area contributed by atoms with Gasteiger partial charge in [-0.3, -0.25) is 4.79 Å². The van der Waals surface area contributed by atoms with Crippen LogP contribution in [0, 0.1) is 11.8 Å². The molecule has 1 amide bonds. The van der Waals surface area contributed by atoms with E-state index in [0.29, 0.717) is 17.8 Å². The summed E-state index contributed by atoms with van der Waals surface area (Å²) in [7, 11) is 0. The largest absolute Gasteiger partial charge is 0.381 e. The van der Waals surface area contributed by atoms with Gasteiger partial charge in [0.05, 0.1) is 18.5 Å². The maximum Gasteiger partial charge on any atom is 0.228 e. The third-order valence-corrected chi connectivity index (χ3v) is 3.96. The van der Waals surface area contributed by atoms with Gasteiger partial charge in [0.15, 0.2) is 0 Å². The SMILES string of the molecule is CC1COCCC1Nc1ccc(NC(=O)C2CC2)nc1. The number of nitrogens with one attached hydrogen (secondary N) is 2. The zero-order chi connectivity index (χ0) is 13.9. The summed E-state index contributed by atoms with van der Waals surface area (Å²) in [5.74, 6) is 1.43. The standard InChI is InChI=1S/C15H21N3O2/c1-10-9-20-7-6-13(10)17-12-4-5-14(16-8-12)18-15(19)11-2-3-11/h4-5,8,10-11,13,17H,2-3,6-7,9H2,1H3,(H,16,18,19). The highest BCUT2D eigenvalue weighted by Gasteiger charge is 2.29. The lowest BCUT2D eigenvalue weighted by atomic mass is 9.98. The normalized spacial score (nSPS) is 26.1. The second-order valence-corrected chi connectivity index (χ2v) is 5.79. The average molecular weight is 275 g/mol. The van der Waals surface area contributed by atoms with E-state index >= 15 is 0 Å². The second kappa shape index (κ2) is 5.79. The Morgan fingerprint density at radius 2 is 2.20 bits per heavy atom. The van der Waals surface area contributed by atoms with Gasteiger partial charge in [0.25, 0.3) is 0 Å². The molecule has 2 unspecified atom stereocenters. The summed E-state index contributed by atoms with van der Waals surface area (Å²) < 4.78 is 5.44. The van der Waals surface area contributed by atoms with E-state index in [4.69, 9.17) is 4.74 Å². The maximum atomic E-state index is 11.6. The monoisotopic (exact) mass is 275 g/mol. The molecular formula is C15H21N3O2. The second-order valence-electron chi connectivity index (χ2n) is 5.79. The minimum absolute atomic E-state index is 0.0938. The Balaban J connectivity index is 1.56. The Morgan fingerprint density at radius 3 is 2.85 bits per heavy atom. The van der Waals surface area contributed by atoms with Crippen molar-refractivity contribution < 1.29 is 9.53 Å². The number of nitrogens with zero attached hydrogens (tertiary/aromatic N) is 1. The number of pyridine rings is 1. The van der Waals surface area contributed by atoms with Crippen LogP contribution in [-0.2, 0) is 9.53 Å². The van der Waals surface area contributed by atoms with Crippen LogP contribution in [0.4, 0.5) is 11.5 Å². The molecule has 2 heterocycles. The van der Waals surface area contributed by atoms with Crippen LogP contribution < -0.4 is 10.6 Å². The van der Waals surface area contributed by atoms with Gasteiger partial charge in [-0.25, -0.2) is 4.98 Å². The van der Waals surface area contributed by atoms with Gasteiger partial charge in [-0.05, 0) is 37.3 Å². The number of rotatable bonds is 4. The van der Waals surface area contributed by atoms with Crippen LogP contribution in [0.25, 0.3) is 0 Å². The van der Waals surface area contributed by atoms with Crippen molar-refractivity contribution in [2.75, 3.05) is 23.8 Å². The number of carbonyl (C=O) groups is 1. The number of hydrogen-bond donors (Lipinski definition) is 2. The summed E-state index contributed by atoms with van der Waals surface area (Å²) in [4.78, 5) is 15.9. The Hall–Kier alpha value is -1.62. The minimum atomic E-state index is 0.0938. The predicted molar refractivity (Wildman–Crippen MR) is 77.6 cm³/mol. The van der Waals surface area contributed by atoms with Gasteiger partial charge in [-0.15, -0.1) is 0 Å². The van der Waals surface area contributed by atoms with Gasteiger partial charge in [-0.1, -0.05) is 6.92 Å². The fraction of sp³-hybridized carbons (Fsp3) is 0.600. The van der Waals surface area contributed by atoms with Gasteiger partial charge in [0, 0.05) is 18.6 Å².